The lowest BCUT2D eigenvalue weighted by molar-refractivity contribution is -0.137. The minimum absolute atomic E-state index is 0.316. The number of nitrogens with zero attached hydrogens (tertiary/aromatic N) is 3. The van der Waals surface area contributed by atoms with Gasteiger partial charge in [-0.2, -0.15) is 13.2 Å². The summed E-state index contributed by atoms with van der Waals surface area (Å²) < 4.78 is 41.0. The number of para-hydroxylation sites is 1. The van der Waals surface area contributed by atoms with Crippen LogP contribution in [0.1, 0.15) is 16.7 Å². The number of halogens is 4. The fourth-order valence-electron chi connectivity index (χ4n) is 3.20. The van der Waals surface area contributed by atoms with Crippen molar-refractivity contribution in [3.8, 4) is 17.1 Å². The molecule has 158 valence electrons. The number of hydrogen-bond donors (Lipinski definition) is 0. The quantitative estimate of drug-likeness (QED) is 0.295. The van der Waals surface area contributed by atoms with Crippen molar-refractivity contribution in [1.82, 2.24) is 14.8 Å². The molecule has 4 aromatic rings. The van der Waals surface area contributed by atoms with Crippen LogP contribution >= 0.6 is 23.4 Å². The van der Waals surface area contributed by atoms with Crippen molar-refractivity contribution in [3.63, 3.8) is 0 Å². The van der Waals surface area contributed by atoms with Crippen LogP contribution in [0.3, 0.4) is 0 Å². The minimum atomic E-state index is -4.38. The fraction of sp³-hybridized carbons (Fsp3) is 0.130. The lowest BCUT2D eigenvalue weighted by Crippen LogP contribution is -2.05. The third-order valence-electron chi connectivity index (χ3n) is 4.73. The van der Waals surface area contributed by atoms with Crippen LogP contribution in [-0.4, -0.2) is 14.8 Å². The molecule has 1 heterocycles. The van der Waals surface area contributed by atoms with Gasteiger partial charge in [-0.1, -0.05) is 71.9 Å². The van der Waals surface area contributed by atoms with E-state index in [0.717, 1.165) is 28.9 Å². The highest BCUT2D eigenvalue weighted by molar-refractivity contribution is 7.98. The van der Waals surface area contributed by atoms with Crippen molar-refractivity contribution in [1.29, 1.82) is 0 Å². The van der Waals surface area contributed by atoms with E-state index >= 15 is 0 Å². The van der Waals surface area contributed by atoms with Crippen LogP contribution in [0.15, 0.2) is 78.0 Å². The first-order valence-electron chi connectivity index (χ1n) is 9.40. The first kappa shape index (κ1) is 21.5. The van der Waals surface area contributed by atoms with E-state index in [2.05, 4.69) is 10.2 Å². The van der Waals surface area contributed by atoms with E-state index in [1.165, 1.54) is 17.8 Å². The fourth-order valence-corrected chi connectivity index (χ4v) is 4.31. The highest BCUT2D eigenvalue weighted by Gasteiger charge is 2.30. The van der Waals surface area contributed by atoms with Crippen molar-refractivity contribution in [2.24, 2.45) is 0 Å². The van der Waals surface area contributed by atoms with Gasteiger partial charge in [-0.3, -0.25) is 4.57 Å². The SMILES string of the molecule is Cc1ccccc1-n1c(SCc2cccc(C(F)(F)F)c2)nnc1-c1ccccc1Cl. The highest BCUT2D eigenvalue weighted by atomic mass is 35.5. The van der Waals surface area contributed by atoms with Gasteiger partial charge in [0.2, 0.25) is 0 Å². The summed E-state index contributed by atoms with van der Waals surface area (Å²) in [5, 5.41) is 9.81. The molecular formula is C23H17ClF3N3S. The topological polar surface area (TPSA) is 30.7 Å². The van der Waals surface area contributed by atoms with E-state index in [0.29, 0.717) is 27.3 Å². The van der Waals surface area contributed by atoms with Gasteiger partial charge in [0.25, 0.3) is 0 Å². The molecule has 4 rings (SSSR count). The second kappa shape index (κ2) is 8.77. The van der Waals surface area contributed by atoms with Crippen molar-refractivity contribution >= 4 is 23.4 Å². The van der Waals surface area contributed by atoms with Gasteiger partial charge in [-0.25, -0.2) is 0 Å². The molecule has 0 aliphatic carbocycles. The van der Waals surface area contributed by atoms with Gasteiger partial charge in [0.15, 0.2) is 11.0 Å². The molecule has 0 radical (unpaired) electrons. The van der Waals surface area contributed by atoms with Gasteiger partial charge >= 0.3 is 6.18 Å². The monoisotopic (exact) mass is 459 g/mol. The molecule has 3 aromatic carbocycles. The molecule has 0 atom stereocenters. The zero-order valence-corrected chi connectivity index (χ0v) is 18.0. The maximum absolute atomic E-state index is 13.0. The summed E-state index contributed by atoms with van der Waals surface area (Å²) in [5.74, 6) is 0.891. The van der Waals surface area contributed by atoms with Crippen LogP contribution < -0.4 is 0 Å². The molecule has 1 aromatic heterocycles. The Labute approximate surface area is 186 Å². The number of aromatic nitrogens is 3. The van der Waals surface area contributed by atoms with Gasteiger partial charge in [-0.05, 0) is 42.3 Å². The molecule has 0 amide bonds. The van der Waals surface area contributed by atoms with Crippen LogP contribution in [0.25, 0.3) is 17.1 Å². The predicted octanol–water partition coefficient (Wildman–Crippen LogP) is 7.21. The minimum Gasteiger partial charge on any atom is -0.270 e. The second-order valence-electron chi connectivity index (χ2n) is 6.89. The van der Waals surface area contributed by atoms with Gasteiger partial charge in [-0.15, -0.1) is 10.2 Å². The number of hydrogen-bond acceptors (Lipinski definition) is 3. The predicted molar refractivity (Wildman–Crippen MR) is 118 cm³/mol. The molecule has 0 fully saturated rings. The molecule has 8 heteroatoms. The van der Waals surface area contributed by atoms with Crippen molar-refractivity contribution in [2.75, 3.05) is 0 Å². The molecule has 0 N–H and O–H groups in total. The molecule has 0 spiro atoms. The van der Waals surface area contributed by atoms with Crippen molar-refractivity contribution < 1.29 is 13.2 Å². The van der Waals surface area contributed by atoms with E-state index in [4.69, 9.17) is 11.6 Å². The Morgan fingerprint density at radius 3 is 2.42 bits per heavy atom. The van der Waals surface area contributed by atoms with Crippen LogP contribution in [0, 0.1) is 6.92 Å². The standard InChI is InChI=1S/C23H17ClF3N3S/c1-15-7-2-5-12-20(15)30-21(18-10-3-4-11-19(18)24)28-29-22(30)31-14-16-8-6-9-17(13-16)23(25,26)27/h2-13H,14H2,1H3. The van der Waals surface area contributed by atoms with E-state index in [-0.39, 0.29) is 0 Å². The molecule has 0 aliphatic heterocycles. The largest absolute Gasteiger partial charge is 0.416 e. The molecule has 0 unspecified atom stereocenters. The highest BCUT2D eigenvalue weighted by Crippen LogP contribution is 2.35. The Morgan fingerprint density at radius 2 is 1.68 bits per heavy atom. The van der Waals surface area contributed by atoms with Crippen LogP contribution in [0.2, 0.25) is 5.02 Å². The van der Waals surface area contributed by atoms with Gasteiger partial charge < -0.3 is 0 Å². The van der Waals surface area contributed by atoms with Gasteiger partial charge in [0, 0.05) is 11.3 Å². The average Bonchev–Trinajstić information content (AvgIpc) is 3.16. The van der Waals surface area contributed by atoms with E-state index in [1.54, 1.807) is 12.1 Å². The van der Waals surface area contributed by atoms with Crippen LogP contribution in [0.5, 0.6) is 0 Å². The number of alkyl halides is 3. The smallest absolute Gasteiger partial charge is 0.270 e. The van der Waals surface area contributed by atoms with E-state index < -0.39 is 11.7 Å². The summed E-state index contributed by atoms with van der Waals surface area (Å²) in [6, 6.07) is 20.5. The lowest BCUT2D eigenvalue weighted by atomic mass is 10.1. The first-order valence-corrected chi connectivity index (χ1v) is 10.8. The summed E-state index contributed by atoms with van der Waals surface area (Å²) in [6.07, 6.45) is -4.38. The van der Waals surface area contributed by atoms with Gasteiger partial charge in [0.05, 0.1) is 16.3 Å². The zero-order chi connectivity index (χ0) is 22.0. The third-order valence-corrected chi connectivity index (χ3v) is 6.06. The number of benzene rings is 3. The van der Waals surface area contributed by atoms with Crippen molar-refractivity contribution in [2.45, 2.75) is 24.0 Å². The molecular weight excluding hydrogens is 443 g/mol. The maximum Gasteiger partial charge on any atom is 0.416 e. The third kappa shape index (κ3) is 4.62. The summed E-state index contributed by atoms with van der Waals surface area (Å²) >= 11 is 7.73. The van der Waals surface area contributed by atoms with E-state index in [9.17, 15) is 13.2 Å². The number of thioether (sulfide) groups is 1. The number of aryl methyl sites for hydroxylation is 1. The Kier molecular flexibility index (Phi) is 6.07. The summed E-state index contributed by atoms with van der Waals surface area (Å²) in [5.41, 5.74) is 2.51. The van der Waals surface area contributed by atoms with Gasteiger partial charge in [0.1, 0.15) is 0 Å². The van der Waals surface area contributed by atoms with Crippen molar-refractivity contribution in [3.05, 3.63) is 94.5 Å². The zero-order valence-electron chi connectivity index (χ0n) is 16.4. The molecule has 0 saturated carbocycles. The molecule has 31 heavy (non-hydrogen) atoms. The van der Waals surface area contributed by atoms with E-state index in [1.807, 2.05) is 54.0 Å². The lowest BCUT2D eigenvalue weighted by Gasteiger charge is -2.14. The molecule has 0 aliphatic rings. The summed E-state index contributed by atoms with van der Waals surface area (Å²) in [4.78, 5) is 0. The van der Waals surface area contributed by atoms with Crippen LogP contribution in [-0.2, 0) is 11.9 Å². The Morgan fingerprint density at radius 1 is 0.935 bits per heavy atom. The molecule has 0 saturated heterocycles. The van der Waals surface area contributed by atoms with Crippen LogP contribution in [0.4, 0.5) is 13.2 Å². The normalized spacial score (nSPS) is 11.6. The maximum atomic E-state index is 13.0. The summed E-state index contributed by atoms with van der Waals surface area (Å²) in [7, 11) is 0. The second-order valence-corrected chi connectivity index (χ2v) is 8.24. The Balaban J connectivity index is 1.74. The average molecular weight is 460 g/mol. The Hall–Kier alpha value is -2.77. The first-order chi connectivity index (χ1) is 14.8. The molecule has 3 nitrogen and oxygen atoms in total. The Bertz CT molecular complexity index is 1220. The summed E-state index contributed by atoms with van der Waals surface area (Å²) in [6.45, 7) is 1.98. The number of rotatable bonds is 5. The molecule has 0 bridgehead atoms.